The molecule has 1 heterocycles. The van der Waals surface area contributed by atoms with Gasteiger partial charge in [-0.05, 0) is 47.1 Å². The number of hydrogen-bond acceptors (Lipinski definition) is 3. The van der Waals surface area contributed by atoms with Crippen LogP contribution in [0.5, 0.6) is 0 Å². The molecule has 0 saturated heterocycles. The highest BCUT2D eigenvalue weighted by Crippen LogP contribution is 2.17. The summed E-state index contributed by atoms with van der Waals surface area (Å²) < 4.78 is 1.04. The summed E-state index contributed by atoms with van der Waals surface area (Å²) >= 11 is 2.20. The molecule has 0 fully saturated rings. The maximum atomic E-state index is 4.25. The summed E-state index contributed by atoms with van der Waals surface area (Å²) in [5, 5.41) is 3.30. The predicted molar refractivity (Wildman–Crippen MR) is 82.6 cm³/mol. The van der Waals surface area contributed by atoms with Crippen molar-refractivity contribution in [1.82, 2.24) is 9.97 Å². The van der Waals surface area contributed by atoms with E-state index in [0.29, 0.717) is 5.95 Å². The first-order chi connectivity index (χ1) is 8.69. The number of benzene rings is 1. The Bertz CT molecular complexity index is 493. The summed E-state index contributed by atoms with van der Waals surface area (Å²) in [6, 6.07) is 8.85. The van der Waals surface area contributed by atoms with Crippen molar-refractivity contribution in [2.24, 2.45) is 0 Å². The second-order valence-electron chi connectivity index (χ2n) is 4.19. The molecule has 1 unspecified atom stereocenters. The summed E-state index contributed by atoms with van der Waals surface area (Å²) in [5.74, 6) is 0.669. The van der Waals surface area contributed by atoms with Crippen LogP contribution < -0.4 is 5.32 Å². The summed E-state index contributed by atoms with van der Waals surface area (Å²) in [6.07, 6.45) is 4.69. The van der Waals surface area contributed by atoms with Gasteiger partial charge >= 0.3 is 0 Å². The van der Waals surface area contributed by atoms with Crippen LogP contribution in [0.3, 0.4) is 0 Å². The van der Waals surface area contributed by atoms with Crippen molar-refractivity contribution in [2.45, 2.75) is 26.3 Å². The van der Waals surface area contributed by atoms with E-state index in [1.807, 2.05) is 12.4 Å². The monoisotopic (exact) mass is 353 g/mol. The van der Waals surface area contributed by atoms with Crippen molar-refractivity contribution in [3.8, 4) is 0 Å². The molecule has 2 rings (SSSR count). The van der Waals surface area contributed by atoms with E-state index >= 15 is 0 Å². The lowest BCUT2D eigenvalue weighted by molar-refractivity contribution is 0.858. The molecule has 1 atom stereocenters. The molecule has 3 nitrogen and oxygen atoms in total. The molecule has 1 N–H and O–H groups in total. The van der Waals surface area contributed by atoms with Gasteiger partial charge in [0, 0.05) is 16.0 Å². The molecular formula is C14H16IN3. The zero-order valence-electron chi connectivity index (χ0n) is 10.5. The minimum atomic E-state index is 0.205. The Morgan fingerprint density at radius 3 is 2.33 bits per heavy atom. The van der Waals surface area contributed by atoms with Gasteiger partial charge in [0.05, 0.1) is 6.04 Å². The van der Waals surface area contributed by atoms with Crippen LogP contribution in [0.25, 0.3) is 0 Å². The van der Waals surface area contributed by atoms with Crippen molar-refractivity contribution in [3.05, 3.63) is 51.4 Å². The van der Waals surface area contributed by atoms with Crippen molar-refractivity contribution in [2.75, 3.05) is 5.32 Å². The molecule has 2 aromatic rings. The lowest BCUT2D eigenvalue weighted by Crippen LogP contribution is -2.09. The Kier molecular flexibility index (Phi) is 4.52. The second kappa shape index (κ2) is 6.13. The first-order valence-corrected chi connectivity index (χ1v) is 7.10. The zero-order valence-corrected chi connectivity index (χ0v) is 12.7. The molecule has 0 amide bonds. The van der Waals surface area contributed by atoms with Crippen LogP contribution in [0.2, 0.25) is 0 Å². The number of rotatable bonds is 4. The first kappa shape index (κ1) is 13.3. The third kappa shape index (κ3) is 3.41. The summed E-state index contributed by atoms with van der Waals surface area (Å²) in [7, 11) is 0. The van der Waals surface area contributed by atoms with Crippen LogP contribution in [0.1, 0.15) is 31.0 Å². The molecule has 1 aromatic carbocycles. The number of nitrogens with zero attached hydrogens (tertiary/aromatic N) is 2. The number of nitrogens with one attached hydrogen (secondary N) is 1. The molecule has 0 aliphatic carbocycles. The molecule has 0 aliphatic heterocycles. The Hall–Kier alpha value is -1.17. The van der Waals surface area contributed by atoms with E-state index in [4.69, 9.17) is 0 Å². The van der Waals surface area contributed by atoms with Gasteiger partial charge in [-0.15, -0.1) is 0 Å². The van der Waals surface area contributed by atoms with Gasteiger partial charge in [-0.1, -0.05) is 31.2 Å². The predicted octanol–water partition coefficient (Wildman–Crippen LogP) is 3.82. The van der Waals surface area contributed by atoms with Gasteiger partial charge in [-0.2, -0.15) is 0 Å². The lowest BCUT2D eigenvalue weighted by Gasteiger charge is -2.14. The fourth-order valence-corrected chi connectivity index (χ4v) is 1.98. The van der Waals surface area contributed by atoms with Crippen molar-refractivity contribution in [1.29, 1.82) is 0 Å². The summed E-state index contributed by atoms with van der Waals surface area (Å²) in [5.41, 5.74) is 2.60. The van der Waals surface area contributed by atoms with E-state index in [1.54, 1.807) is 0 Å². The van der Waals surface area contributed by atoms with Crippen LogP contribution in [0.4, 0.5) is 5.95 Å². The number of aryl methyl sites for hydroxylation is 1. The smallest absolute Gasteiger partial charge is 0.223 e. The molecule has 0 saturated carbocycles. The number of halogens is 1. The third-order valence-corrected chi connectivity index (χ3v) is 3.41. The Morgan fingerprint density at radius 2 is 1.78 bits per heavy atom. The number of aromatic nitrogens is 2. The molecule has 94 valence electrons. The standard InChI is InChI=1S/C14H16IN3/c1-3-11-4-6-12(7-5-11)10(2)18-14-16-8-13(15)9-17-14/h4-10H,3H2,1-2H3,(H,16,17,18). The molecule has 0 bridgehead atoms. The van der Waals surface area contributed by atoms with E-state index in [0.717, 1.165) is 9.99 Å². The number of hydrogen-bond donors (Lipinski definition) is 1. The quantitative estimate of drug-likeness (QED) is 0.850. The van der Waals surface area contributed by atoms with E-state index in [-0.39, 0.29) is 6.04 Å². The van der Waals surface area contributed by atoms with E-state index in [9.17, 15) is 0 Å². The number of anilines is 1. The normalized spacial score (nSPS) is 12.2. The van der Waals surface area contributed by atoms with Gasteiger partial charge in [-0.3, -0.25) is 0 Å². The van der Waals surface area contributed by atoms with Gasteiger partial charge in [0.2, 0.25) is 5.95 Å². The topological polar surface area (TPSA) is 37.8 Å². The first-order valence-electron chi connectivity index (χ1n) is 6.02. The zero-order chi connectivity index (χ0) is 13.0. The molecular weight excluding hydrogens is 337 g/mol. The average Bonchev–Trinajstić information content (AvgIpc) is 2.41. The minimum Gasteiger partial charge on any atom is -0.348 e. The Labute approximate surface area is 121 Å². The minimum absolute atomic E-state index is 0.205. The SMILES string of the molecule is CCc1ccc(C(C)Nc2ncc(I)cn2)cc1. The third-order valence-electron chi connectivity index (χ3n) is 2.85. The van der Waals surface area contributed by atoms with E-state index < -0.39 is 0 Å². The van der Waals surface area contributed by atoms with Gasteiger partial charge in [0.1, 0.15) is 0 Å². The largest absolute Gasteiger partial charge is 0.348 e. The summed E-state index contributed by atoms with van der Waals surface area (Å²) in [6.45, 7) is 4.28. The maximum absolute atomic E-state index is 4.25. The fraction of sp³-hybridized carbons (Fsp3) is 0.286. The Balaban J connectivity index is 2.06. The van der Waals surface area contributed by atoms with Crippen LogP contribution in [-0.2, 0) is 6.42 Å². The van der Waals surface area contributed by atoms with Crippen molar-refractivity contribution >= 4 is 28.5 Å². The van der Waals surface area contributed by atoms with Crippen LogP contribution in [0, 0.1) is 3.57 Å². The lowest BCUT2D eigenvalue weighted by atomic mass is 10.1. The molecule has 0 aliphatic rings. The van der Waals surface area contributed by atoms with Gasteiger partial charge < -0.3 is 5.32 Å². The van der Waals surface area contributed by atoms with Crippen LogP contribution >= 0.6 is 22.6 Å². The summed E-state index contributed by atoms with van der Waals surface area (Å²) in [4.78, 5) is 8.50. The van der Waals surface area contributed by atoms with Gasteiger partial charge in [0.15, 0.2) is 0 Å². The van der Waals surface area contributed by atoms with Crippen LogP contribution in [-0.4, -0.2) is 9.97 Å². The molecule has 1 aromatic heterocycles. The van der Waals surface area contributed by atoms with Crippen molar-refractivity contribution in [3.63, 3.8) is 0 Å². The molecule has 0 radical (unpaired) electrons. The van der Waals surface area contributed by atoms with Gasteiger partial charge in [0.25, 0.3) is 0 Å². The van der Waals surface area contributed by atoms with E-state index in [1.165, 1.54) is 11.1 Å². The highest BCUT2D eigenvalue weighted by molar-refractivity contribution is 14.1. The highest BCUT2D eigenvalue weighted by Gasteiger charge is 2.06. The fourth-order valence-electron chi connectivity index (χ4n) is 1.71. The van der Waals surface area contributed by atoms with Crippen LogP contribution in [0.15, 0.2) is 36.7 Å². The van der Waals surface area contributed by atoms with E-state index in [2.05, 4.69) is 76.0 Å². The molecule has 0 spiro atoms. The van der Waals surface area contributed by atoms with Crippen molar-refractivity contribution < 1.29 is 0 Å². The molecule has 4 heteroatoms. The Morgan fingerprint density at radius 1 is 1.17 bits per heavy atom. The highest BCUT2D eigenvalue weighted by atomic mass is 127. The second-order valence-corrected chi connectivity index (χ2v) is 5.43. The maximum Gasteiger partial charge on any atom is 0.223 e. The average molecular weight is 353 g/mol. The molecule has 18 heavy (non-hydrogen) atoms. The van der Waals surface area contributed by atoms with Gasteiger partial charge in [-0.25, -0.2) is 9.97 Å².